The lowest BCUT2D eigenvalue weighted by Gasteiger charge is -2.17. The number of thiazole rings is 1. The summed E-state index contributed by atoms with van der Waals surface area (Å²) in [6, 6.07) is 8.01. The lowest BCUT2D eigenvalue weighted by Crippen LogP contribution is -2.10. The molecule has 1 aromatic carbocycles. The maximum Gasteiger partial charge on any atom is 0.267 e. The summed E-state index contributed by atoms with van der Waals surface area (Å²) < 4.78 is 0.187. The average molecular weight is 332 g/mol. The van der Waals surface area contributed by atoms with Gasteiger partial charge < -0.3 is 5.32 Å². The van der Waals surface area contributed by atoms with Crippen LogP contribution in [-0.2, 0) is 0 Å². The van der Waals surface area contributed by atoms with Crippen LogP contribution in [0.1, 0.15) is 54.2 Å². The van der Waals surface area contributed by atoms with Gasteiger partial charge in [0.05, 0.1) is 11.2 Å². The molecule has 1 N–H and O–H groups in total. The number of nitrogens with one attached hydrogen (secondary N) is 1. The summed E-state index contributed by atoms with van der Waals surface area (Å²) in [6.07, 6.45) is 4.11. The highest BCUT2D eigenvalue weighted by atomic mass is 32.2. The summed E-state index contributed by atoms with van der Waals surface area (Å²) in [7, 11) is 0. The van der Waals surface area contributed by atoms with Crippen molar-refractivity contribution in [3.63, 3.8) is 0 Å². The van der Waals surface area contributed by atoms with Crippen molar-refractivity contribution in [2.45, 2.75) is 49.2 Å². The molecule has 0 spiro atoms. The number of anilines is 1. The number of thioether (sulfide) groups is 1. The second-order valence-electron chi connectivity index (χ2n) is 6.53. The summed E-state index contributed by atoms with van der Waals surface area (Å²) in [5.74, 6) is 0.529. The number of amides is 1. The second-order valence-corrected chi connectivity index (χ2v) is 9.49. The molecule has 0 unspecified atom stereocenters. The highest BCUT2D eigenvalue weighted by Gasteiger charge is 2.27. The summed E-state index contributed by atoms with van der Waals surface area (Å²) in [6.45, 7) is 6.57. The molecule has 1 amide bonds. The van der Waals surface area contributed by atoms with Crippen molar-refractivity contribution in [1.82, 2.24) is 4.98 Å². The van der Waals surface area contributed by atoms with Crippen LogP contribution in [0, 0.1) is 0 Å². The van der Waals surface area contributed by atoms with Gasteiger partial charge in [0.2, 0.25) is 0 Å². The van der Waals surface area contributed by atoms with Crippen LogP contribution < -0.4 is 5.32 Å². The van der Waals surface area contributed by atoms with Crippen LogP contribution in [-0.4, -0.2) is 15.6 Å². The average Bonchev–Trinajstić information content (AvgIpc) is 3.17. The third-order valence-corrected chi connectivity index (χ3v) is 5.49. The Bertz CT molecular complexity index is 667. The molecule has 5 heteroatoms. The molecular weight excluding hydrogens is 312 g/mol. The molecule has 2 aromatic rings. The van der Waals surface area contributed by atoms with Gasteiger partial charge >= 0.3 is 0 Å². The van der Waals surface area contributed by atoms with Crippen LogP contribution in [0.3, 0.4) is 0 Å². The van der Waals surface area contributed by atoms with E-state index in [1.54, 1.807) is 6.20 Å². The van der Waals surface area contributed by atoms with Crippen LogP contribution >= 0.6 is 23.1 Å². The van der Waals surface area contributed by atoms with Crippen molar-refractivity contribution >= 4 is 34.7 Å². The molecule has 1 saturated carbocycles. The van der Waals surface area contributed by atoms with E-state index in [1.807, 2.05) is 36.0 Å². The smallest absolute Gasteiger partial charge is 0.267 e. The van der Waals surface area contributed by atoms with E-state index in [1.165, 1.54) is 29.1 Å². The summed E-state index contributed by atoms with van der Waals surface area (Å²) in [4.78, 5) is 18.5. The molecule has 0 radical (unpaired) electrons. The van der Waals surface area contributed by atoms with Gasteiger partial charge in [-0.05, 0) is 37.1 Å². The van der Waals surface area contributed by atoms with Crippen molar-refractivity contribution in [2.24, 2.45) is 0 Å². The molecule has 0 saturated heterocycles. The number of benzene rings is 1. The zero-order chi connectivity index (χ0) is 15.7. The largest absolute Gasteiger partial charge is 0.321 e. The zero-order valence-corrected chi connectivity index (χ0v) is 14.7. The third kappa shape index (κ3) is 4.11. The van der Waals surface area contributed by atoms with Crippen molar-refractivity contribution in [1.29, 1.82) is 0 Å². The lowest BCUT2D eigenvalue weighted by molar-refractivity contribution is 0.103. The zero-order valence-electron chi connectivity index (χ0n) is 13.1. The fourth-order valence-corrected chi connectivity index (χ4v) is 4.03. The maximum absolute atomic E-state index is 12.2. The Morgan fingerprint density at radius 1 is 1.27 bits per heavy atom. The molecule has 1 aliphatic rings. The first-order valence-corrected chi connectivity index (χ1v) is 9.10. The molecule has 1 aliphatic carbocycles. The van der Waals surface area contributed by atoms with Gasteiger partial charge in [0, 0.05) is 21.2 Å². The van der Waals surface area contributed by atoms with E-state index in [4.69, 9.17) is 0 Å². The van der Waals surface area contributed by atoms with Gasteiger partial charge in [-0.15, -0.1) is 23.1 Å². The van der Waals surface area contributed by atoms with Gasteiger partial charge in [-0.1, -0.05) is 20.8 Å². The van der Waals surface area contributed by atoms with Gasteiger partial charge in [-0.3, -0.25) is 4.79 Å². The number of carbonyl (C=O) groups excluding carboxylic acids is 1. The van der Waals surface area contributed by atoms with Crippen molar-refractivity contribution in [2.75, 3.05) is 5.32 Å². The van der Waals surface area contributed by atoms with Crippen LogP contribution in [0.25, 0.3) is 0 Å². The Balaban J connectivity index is 1.63. The third-order valence-electron chi connectivity index (χ3n) is 3.21. The molecule has 1 fully saturated rings. The van der Waals surface area contributed by atoms with E-state index in [0.29, 0.717) is 10.8 Å². The van der Waals surface area contributed by atoms with Crippen LogP contribution in [0.2, 0.25) is 0 Å². The quantitative estimate of drug-likeness (QED) is 0.786. The minimum Gasteiger partial charge on any atom is -0.321 e. The normalized spacial score (nSPS) is 14.9. The molecule has 0 aliphatic heterocycles. The number of rotatable bonds is 4. The topological polar surface area (TPSA) is 42.0 Å². The monoisotopic (exact) mass is 332 g/mol. The van der Waals surface area contributed by atoms with Crippen molar-refractivity contribution in [3.05, 3.63) is 40.3 Å². The number of hydrogen-bond acceptors (Lipinski definition) is 4. The van der Waals surface area contributed by atoms with Gasteiger partial charge in [0.1, 0.15) is 4.88 Å². The predicted molar refractivity (Wildman–Crippen MR) is 94.1 cm³/mol. The standard InChI is InChI=1S/C17H20N2OS2/c1-17(2,3)22-13-8-6-12(7-9-13)19-15(20)14-10-18-16(21-14)11-4-5-11/h6-11H,4-5H2,1-3H3,(H,19,20). The Kier molecular flexibility index (Phi) is 4.28. The Morgan fingerprint density at radius 3 is 2.55 bits per heavy atom. The number of nitrogens with zero attached hydrogens (tertiary/aromatic N) is 1. The molecule has 116 valence electrons. The molecule has 1 heterocycles. The van der Waals surface area contributed by atoms with E-state index >= 15 is 0 Å². The van der Waals surface area contributed by atoms with E-state index < -0.39 is 0 Å². The van der Waals surface area contributed by atoms with Gasteiger partial charge in [-0.25, -0.2) is 4.98 Å². The minimum atomic E-state index is -0.0689. The van der Waals surface area contributed by atoms with E-state index in [9.17, 15) is 4.79 Å². The molecule has 3 rings (SSSR count). The molecule has 22 heavy (non-hydrogen) atoms. The lowest BCUT2D eigenvalue weighted by atomic mass is 10.3. The van der Waals surface area contributed by atoms with Crippen LogP contribution in [0.5, 0.6) is 0 Å². The Hall–Kier alpha value is -1.33. The van der Waals surface area contributed by atoms with Gasteiger partial charge in [0.15, 0.2) is 0 Å². The first kappa shape index (κ1) is 15.6. The maximum atomic E-state index is 12.2. The van der Waals surface area contributed by atoms with E-state index in [2.05, 4.69) is 31.1 Å². The van der Waals surface area contributed by atoms with Gasteiger partial charge in [0.25, 0.3) is 5.91 Å². The number of carbonyl (C=O) groups is 1. The SMILES string of the molecule is CC(C)(C)Sc1ccc(NC(=O)c2cnc(C3CC3)s2)cc1. The van der Waals surface area contributed by atoms with Gasteiger partial charge in [-0.2, -0.15) is 0 Å². The molecule has 3 nitrogen and oxygen atoms in total. The molecule has 0 bridgehead atoms. The first-order chi connectivity index (χ1) is 10.4. The molecule has 0 atom stereocenters. The Labute approximate surface area is 139 Å². The fourth-order valence-electron chi connectivity index (χ4n) is 2.06. The summed E-state index contributed by atoms with van der Waals surface area (Å²) in [5, 5.41) is 4.04. The van der Waals surface area contributed by atoms with Crippen LogP contribution in [0.4, 0.5) is 5.69 Å². The van der Waals surface area contributed by atoms with Crippen molar-refractivity contribution in [3.8, 4) is 0 Å². The minimum absolute atomic E-state index is 0.0689. The highest BCUT2D eigenvalue weighted by molar-refractivity contribution is 8.00. The first-order valence-electron chi connectivity index (χ1n) is 7.47. The predicted octanol–water partition coefficient (Wildman–Crippen LogP) is 5.16. The van der Waals surface area contributed by atoms with E-state index in [-0.39, 0.29) is 10.7 Å². The summed E-state index contributed by atoms with van der Waals surface area (Å²) >= 11 is 3.33. The molecular formula is C17H20N2OS2. The molecule has 1 aromatic heterocycles. The fraction of sp³-hybridized carbons (Fsp3) is 0.412. The van der Waals surface area contributed by atoms with E-state index in [0.717, 1.165) is 10.7 Å². The summed E-state index contributed by atoms with van der Waals surface area (Å²) in [5.41, 5.74) is 0.824. The number of hydrogen-bond donors (Lipinski definition) is 1. The van der Waals surface area contributed by atoms with Crippen LogP contribution in [0.15, 0.2) is 35.4 Å². The number of aromatic nitrogens is 1. The Morgan fingerprint density at radius 2 is 1.95 bits per heavy atom. The highest BCUT2D eigenvalue weighted by Crippen LogP contribution is 2.41. The van der Waals surface area contributed by atoms with Crippen molar-refractivity contribution < 1.29 is 4.79 Å². The second kappa shape index (κ2) is 6.05.